The molecule has 4 rings (SSSR count). The Morgan fingerprint density at radius 1 is 1.41 bits per heavy atom. The molecular formula is C18H16Cl2N4O2S. The van der Waals surface area contributed by atoms with Crippen LogP contribution in [0.25, 0.3) is 10.2 Å². The number of anilines is 1. The number of aryl methyl sites for hydroxylation is 1. The van der Waals surface area contributed by atoms with Crippen molar-refractivity contribution in [3.8, 4) is 0 Å². The van der Waals surface area contributed by atoms with Crippen LogP contribution in [-0.2, 0) is 24.2 Å². The van der Waals surface area contributed by atoms with Crippen LogP contribution >= 0.6 is 34.5 Å². The van der Waals surface area contributed by atoms with Gasteiger partial charge < -0.3 is 5.32 Å². The Morgan fingerprint density at radius 2 is 2.22 bits per heavy atom. The van der Waals surface area contributed by atoms with Gasteiger partial charge in [-0.05, 0) is 42.9 Å². The molecule has 0 radical (unpaired) electrons. The van der Waals surface area contributed by atoms with Crippen molar-refractivity contribution in [3.63, 3.8) is 0 Å². The van der Waals surface area contributed by atoms with E-state index in [1.54, 1.807) is 18.2 Å². The fraction of sp³-hybridized carbons (Fsp3) is 0.333. The minimum atomic E-state index is -0.423. The third-order valence-corrected chi connectivity index (χ3v) is 6.66. The Kier molecular flexibility index (Phi) is 4.92. The SMILES string of the molecule is C[C@@H]1CCc2c(sc3nnn(CC(=O)Nc4cccc(Cl)c4Cl)c(=O)c23)C1. The molecule has 0 spiro atoms. The first-order valence-corrected chi connectivity index (χ1v) is 10.1. The summed E-state index contributed by atoms with van der Waals surface area (Å²) in [4.78, 5) is 27.1. The second kappa shape index (κ2) is 7.22. The van der Waals surface area contributed by atoms with Gasteiger partial charge in [0, 0.05) is 4.88 Å². The number of nitrogens with one attached hydrogen (secondary N) is 1. The highest BCUT2D eigenvalue weighted by atomic mass is 35.5. The van der Waals surface area contributed by atoms with Crippen LogP contribution < -0.4 is 10.9 Å². The van der Waals surface area contributed by atoms with Crippen LogP contribution in [-0.4, -0.2) is 20.9 Å². The van der Waals surface area contributed by atoms with E-state index in [0.717, 1.165) is 29.5 Å². The maximum Gasteiger partial charge on any atom is 0.279 e. The fourth-order valence-electron chi connectivity index (χ4n) is 3.32. The zero-order valence-corrected chi connectivity index (χ0v) is 16.8. The van der Waals surface area contributed by atoms with Gasteiger partial charge in [-0.1, -0.05) is 41.4 Å². The standard InChI is InChI=1S/C18H16Cl2N4O2S/c1-9-5-6-10-13(7-9)27-17-15(10)18(26)24(23-22-17)8-14(25)21-12-4-2-3-11(19)16(12)20/h2-4,9H,5-8H2,1H3,(H,21,25)/t9-/m1/s1. The molecule has 0 aliphatic heterocycles. The molecule has 27 heavy (non-hydrogen) atoms. The highest BCUT2D eigenvalue weighted by Gasteiger charge is 2.24. The molecule has 2 heterocycles. The molecule has 3 aromatic rings. The first-order chi connectivity index (χ1) is 12.9. The van der Waals surface area contributed by atoms with Gasteiger partial charge in [0.25, 0.3) is 5.56 Å². The average Bonchev–Trinajstić information content (AvgIpc) is 2.99. The Hall–Kier alpha value is -1.96. The minimum Gasteiger partial charge on any atom is -0.323 e. The van der Waals surface area contributed by atoms with E-state index in [2.05, 4.69) is 22.6 Å². The second-order valence-corrected chi connectivity index (χ2v) is 8.60. The summed E-state index contributed by atoms with van der Waals surface area (Å²) in [5.74, 6) is 0.182. The van der Waals surface area contributed by atoms with Gasteiger partial charge in [-0.25, -0.2) is 4.68 Å². The van der Waals surface area contributed by atoms with Gasteiger partial charge in [0.15, 0.2) is 4.83 Å². The van der Waals surface area contributed by atoms with Crippen LogP contribution in [0.3, 0.4) is 0 Å². The lowest BCUT2D eigenvalue weighted by atomic mass is 9.89. The first-order valence-electron chi connectivity index (χ1n) is 8.56. The summed E-state index contributed by atoms with van der Waals surface area (Å²) in [5, 5.41) is 12.0. The lowest BCUT2D eigenvalue weighted by molar-refractivity contribution is -0.117. The van der Waals surface area contributed by atoms with Gasteiger partial charge in [0.2, 0.25) is 5.91 Å². The van der Waals surface area contributed by atoms with E-state index in [1.807, 2.05) is 0 Å². The van der Waals surface area contributed by atoms with Crippen molar-refractivity contribution in [3.05, 3.63) is 49.0 Å². The Balaban J connectivity index is 1.62. The maximum atomic E-state index is 12.9. The largest absolute Gasteiger partial charge is 0.323 e. The molecule has 1 aromatic carbocycles. The van der Waals surface area contributed by atoms with Crippen molar-refractivity contribution in [1.29, 1.82) is 0 Å². The van der Waals surface area contributed by atoms with Crippen LogP contribution in [0.2, 0.25) is 10.0 Å². The molecule has 0 saturated heterocycles. The lowest BCUT2D eigenvalue weighted by Crippen LogP contribution is -2.30. The molecule has 0 bridgehead atoms. The van der Waals surface area contributed by atoms with Gasteiger partial charge in [-0.15, -0.1) is 16.4 Å². The Morgan fingerprint density at radius 3 is 3.04 bits per heavy atom. The average molecular weight is 423 g/mol. The molecule has 2 aromatic heterocycles. The molecule has 0 saturated carbocycles. The van der Waals surface area contributed by atoms with Crippen molar-refractivity contribution in [2.75, 3.05) is 5.32 Å². The number of thiophene rings is 1. The molecule has 1 N–H and O–H groups in total. The molecule has 1 aliphatic rings. The predicted molar refractivity (Wildman–Crippen MR) is 108 cm³/mol. The second-order valence-electron chi connectivity index (χ2n) is 6.73. The number of halogens is 2. The fourth-order valence-corrected chi connectivity index (χ4v) is 4.99. The molecule has 1 aliphatic carbocycles. The maximum absolute atomic E-state index is 12.9. The van der Waals surface area contributed by atoms with Crippen LogP contribution in [0.4, 0.5) is 5.69 Å². The van der Waals surface area contributed by atoms with Gasteiger partial charge in [-0.2, -0.15) is 0 Å². The van der Waals surface area contributed by atoms with E-state index in [1.165, 1.54) is 16.2 Å². The highest BCUT2D eigenvalue weighted by Crippen LogP contribution is 2.35. The third kappa shape index (κ3) is 3.47. The van der Waals surface area contributed by atoms with Crippen molar-refractivity contribution in [2.45, 2.75) is 32.7 Å². The number of hydrogen-bond donors (Lipinski definition) is 1. The van der Waals surface area contributed by atoms with Crippen molar-refractivity contribution in [1.82, 2.24) is 15.0 Å². The molecular weight excluding hydrogens is 407 g/mol. The number of carbonyl (C=O) groups excluding carboxylic acids is 1. The molecule has 140 valence electrons. The predicted octanol–water partition coefficient (Wildman–Crippen LogP) is 3.92. The highest BCUT2D eigenvalue weighted by molar-refractivity contribution is 7.18. The molecule has 6 nitrogen and oxygen atoms in total. The molecule has 9 heteroatoms. The van der Waals surface area contributed by atoms with Gasteiger partial charge in [-0.3, -0.25) is 9.59 Å². The molecule has 1 atom stereocenters. The zero-order chi connectivity index (χ0) is 19.1. The quantitative estimate of drug-likeness (QED) is 0.693. The van der Waals surface area contributed by atoms with Crippen LogP contribution in [0.5, 0.6) is 0 Å². The van der Waals surface area contributed by atoms with E-state index < -0.39 is 5.91 Å². The summed E-state index contributed by atoms with van der Waals surface area (Å²) in [6.45, 7) is 1.97. The first kappa shape index (κ1) is 18.4. The van der Waals surface area contributed by atoms with E-state index in [4.69, 9.17) is 23.2 Å². The van der Waals surface area contributed by atoms with Crippen molar-refractivity contribution >= 4 is 56.3 Å². The van der Waals surface area contributed by atoms with Crippen LogP contribution in [0, 0.1) is 5.92 Å². The normalized spacial score (nSPS) is 16.3. The minimum absolute atomic E-state index is 0.244. The number of nitrogens with zero attached hydrogens (tertiary/aromatic N) is 3. The van der Waals surface area contributed by atoms with E-state index in [0.29, 0.717) is 26.8 Å². The molecule has 0 fully saturated rings. The molecule has 1 amide bonds. The zero-order valence-electron chi connectivity index (χ0n) is 14.5. The molecule has 0 unspecified atom stereocenters. The topological polar surface area (TPSA) is 76.9 Å². The summed E-state index contributed by atoms with van der Waals surface area (Å²) >= 11 is 13.6. The van der Waals surface area contributed by atoms with Crippen molar-refractivity contribution in [2.24, 2.45) is 5.92 Å². The third-order valence-electron chi connectivity index (χ3n) is 4.70. The van der Waals surface area contributed by atoms with Gasteiger partial charge in [0.05, 0.1) is 21.1 Å². The number of fused-ring (bicyclic) bond motifs is 3. The van der Waals surface area contributed by atoms with Gasteiger partial charge in [0.1, 0.15) is 6.54 Å². The number of aromatic nitrogens is 3. The van der Waals surface area contributed by atoms with Crippen LogP contribution in [0.1, 0.15) is 23.8 Å². The smallest absolute Gasteiger partial charge is 0.279 e. The summed E-state index contributed by atoms with van der Waals surface area (Å²) in [6.07, 6.45) is 2.87. The monoisotopic (exact) mass is 422 g/mol. The van der Waals surface area contributed by atoms with Gasteiger partial charge >= 0.3 is 0 Å². The summed E-state index contributed by atoms with van der Waals surface area (Å²) in [7, 11) is 0. The Labute approximate surface area is 169 Å². The van der Waals surface area contributed by atoms with Crippen molar-refractivity contribution < 1.29 is 4.79 Å². The van der Waals surface area contributed by atoms with Crippen LogP contribution in [0.15, 0.2) is 23.0 Å². The van der Waals surface area contributed by atoms with E-state index >= 15 is 0 Å². The number of rotatable bonds is 3. The number of hydrogen-bond acceptors (Lipinski definition) is 5. The number of amides is 1. The number of carbonyl (C=O) groups is 1. The van der Waals surface area contributed by atoms with E-state index in [9.17, 15) is 9.59 Å². The lowest BCUT2D eigenvalue weighted by Gasteiger charge is -2.17. The number of benzene rings is 1. The summed E-state index contributed by atoms with van der Waals surface area (Å²) in [5.41, 5.74) is 1.18. The Bertz CT molecular complexity index is 1110. The summed E-state index contributed by atoms with van der Waals surface area (Å²) in [6, 6.07) is 4.95. The summed E-state index contributed by atoms with van der Waals surface area (Å²) < 4.78 is 1.10. The van der Waals surface area contributed by atoms with E-state index in [-0.39, 0.29) is 17.1 Å².